The fraction of sp³-hybridized carbons (Fsp3) is 0.190. The molecule has 27 heavy (non-hydrogen) atoms. The van der Waals surface area contributed by atoms with Gasteiger partial charge in [-0.15, -0.1) is 11.3 Å². The molecule has 6 heteroatoms. The molecule has 0 saturated heterocycles. The molecule has 0 saturated carbocycles. The highest BCUT2D eigenvalue weighted by Gasteiger charge is 2.12. The first-order valence-corrected chi connectivity index (χ1v) is 9.40. The molecule has 0 radical (unpaired) electrons. The Hall–Kier alpha value is -2.99. The number of benzene rings is 2. The van der Waals surface area contributed by atoms with Crippen molar-refractivity contribution in [3.8, 4) is 0 Å². The molecule has 138 valence electrons. The summed E-state index contributed by atoms with van der Waals surface area (Å²) in [6, 6.07) is 15.3. The first-order valence-electron chi connectivity index (χ1n) is 8.53. The maximum Gasteiger partial charge on any atom is 0.338 e. The third kappa shape index (κ3) is 5.01. The largest absolute Gasteiger partial charge is 0.452 e. The maximum atomic E-state index is 12.1. The number of hydrogen-bond donors (Lipinski definition) is 0. The summed E-state index contributed by atoms with van der Waals surface area (Å²) >= 11 is 1.37. The molecule has 0 atom stereocenters. The average molecular weight is 380 g/mol. The van der Waals surface area contributed by atoms with Crippen LogP contribution in [0, 0.1) is 13.8 Å². The molecular formula is C21H20N2O3S. The number of amides is 1. The van der Waals surface area contributed by atoms with Crippen LogP contribution in [0.5, 0.6) is 0 Å². The van der Waals surface area contributed by atoms with E-state index in [4.69, 9.17) is 4.74 Å². The van der Waals surface area contributed by atoms with E-state index in [1.54, 1.807) is 12.1 Å². The maximum absolute atomic E-state index is 12.1. The monoisotopic (exact) mass is 380 g/mol. The van der Waals surface area contributed by atoms with Gasteiger partial charge in [-0.05, 0) is 31.0 Å². The lowest BCUT2D eigenvalue weighted by Gasteiger charge is -2.05. The fourth-order valence-electron chi connectivity index (χ4n) is 2.54. The Morgan fingerprint density at radius 1 is 1.07 bits per heavy atom. The van der Waals surface area contributed by atoms with Crippen LogP contribution in [0.25, 0.3) is 0 Å². The van der Waals surface area contributed by atoms with Crippen molar-refractivity contribution in [3.63, 3.8) is 0 Å². The summed E-state index contributed by atoms with van der Waals surface area (Å²) in [5, 5.41) is 1.87. The molecule has 3 rings (SSSR count). The van der Waals surface area contributed by atoms with Gasteiger partial charge in [0.1, 0.15) is 0 Å². The number of thiazole rings is 1. The third-order valence-electron chi connectivity index (χ3n) is 4.05. The van der Waals surface area contributed by atoms with Gasteiger partial charge in [0.05, 0.1) is 5.56 Å². The number of carbonyl (C=O) groups excluding carboxylic acids is 2. The van der Waals surface area contributed by atoms with E-state index in [-0.39, 0.29) is 6.61 Å². The van der Waals surface area contributed by atoms with Crippen molar-refractivity contribution >= 4 is 23.2 Å². The number of aryl methyl sites for hydroxylation is 2. The minimum Gasteiger partial charge on any atom is -0.452 e. The van der Waals surface area contributed by atoms with E-state index in [9.17, 15) is 9.59 Å². The van der Waals surface area contributed by atoms with Crippen molar-refractivity contribution in [2.75, 3.05) is 6.61 Å². The Labute approximate surface area is 161 Å². The lowest BCUT2D eigenvalue weighted by Crippen LogP contribution is -2.20. The highest BCUT2D eigenvalue weighted by atomic mass is 32.1. The zero-order valence-electron chi connectivity index (χ0n) is 15.2. The predicted octanol–water partition coefficient (Wildman–Crippen LogP) is 3.50. The minimum atomic E-state index is -0.518. The second-order valence-corrected chi connectivity index (χ2v) is 7.07. The lowest BCUT2D eigenvalue weighted by molar-refractivity contribution is -0.121. The van der Waals surface area contributed by atoms with Crippen molar-refractivity contribution in [1.29, 1.82) is 0 Å². The van der Waals surface area contributed by atoms with Crippen LogP contribution in [0.2, 0.25) is 0 Å². The van der Waals surface area contributed by atoms with E-state index in [0.717, 1.165) is 11.1 Å². The van der Waals surface area contributed by atoms with Gasteiger partial charge in [0, 0.05) is 18.1 Å². The second kappa shape index (κ2) is 8.60. The smallest absolute Gasteiger partial charge is 0.338 e. The number of nitrogens with zero attached hydrogens (tertiary/aromatic N) is 2. The van der Waals surface area contributed by atoms with Gasteiger partial charge in [-0.25, -0.2) is 4.79 Å². The Morgan fingerprint density at radius 2 is 1.81 bits per heavy atom. The van der Waals surface area contributed by atoms with Crippen LogP contribution in [0.15, 0.2) is 65.1 Å². The zero-order chi connectivity index (χ0) is 19.2. The zero-order valence-corrected chi connectivity index (χ0v) is 16.0. The summed E-state index contributed by atoms with van der Waals surface area (Å²) in [4.78, 5) is 28.9. The van der Waals surface area contributed by atoms with Gasteiger partial charge >= 0.3 is 5.97 Å². The van der Waals surface area contributed by atoms with Crippen LogP contribution in [-0.4, -0.2) is 23.1 Å². The molecule has 0 aliphatic heterocycles. The Kier molecular flexibility index (Phi) is 5.98. The van der Waals surface area contributed by atoms with Gasteiger partial charge in [0.15, 0.2) is 11.4 Å². The highest BCUT2D eigenvalue weighted by Crippen LogP contribution is 2.08. The number of carbonyl (C=O) groups is 2. The van der Waals surface area contributed by atoms with Gasteiger partial charge in [-0.3, -0.25) is 4.79 Å². The Bertz CT molecular complexity index is 1020. The molecule has 0 bridgehead atoms. The summed E-state index contributed by atoms with van der Waals surface area (Å²) in [7, 11) is 0. The standard InChI is InChI=1S/C21H20N2O3S/c1-15-7-9-17(10-8-15)13-23-11-12-27-21(23)22-19(24)14-26-20(25)18-6-4-3-5-16(18)2/h3-12H,13-14H2,1-2H3. The number of esters is 1. The topological polar surface area (TPSA) is 60.7 Å². The van der Waals surface area contributed by atoms with Gasteiger partial charge in [0.25, 0.3) is 5.91 Å². The number of rotatable bonds is 5. The summed E-state index contributed by atoms with van der Waals surface area (Å²) in [5.41, 5.74) is 3.58. The van der Waals surface area contributed by atoms with Crippen LogP contribution in [0.1, 0.15) is 27.0 Å². The number of hydrogen-bond acceptors (Lipinski definition) is 4. The second-order valence-electron chi connectivity index (χ2n) is 6.20. The summed E-state index contributed by atoms with van der Waals surface area (Å²) in [5.74, 6) is -1.01. The van der Waals surface area contributed by atoms with E-state index in [1.807, 2.05) is 42.1 Å². The van der Waals surface area contributed by atoms with Crippen LogP contribution in [-0.2, 0) is 16.1 Å². The normalized spacial score (nSPS) is 11.4. The first kappa shape index (κ1) is 18.8. The molecule has 1 heterocycles. The summed E-state index contributed by atoms with van der Waals surface area (Å²) < 4.78 is 7.00. The third-order valence-corrected chi connectivity index (χ3v) is 4.84. The van der Waals surface area contributed by atoms with Gasteiger partial charge in [-0.1, -0.05) is 48.0 Å². The molecule has 0 N–H and O–H groups in total. The van der Waals surface area contributed by atoms with E-state index in [1.165, 1.54) is 16.9 Å². The van der Waals surface area contributed by atoms with Crippen molar-refractivity contribution in [2.45, 2.75) is 20.4 Å². The molecular weight excluding hydrogens is 360 g/mol. The molecule has 2 aromatic carbocycles. The SMILES string of the molecule is Cc1ccc(Cn2ccsc2=NC(=O)COC(=O)c2ccccc2C)cc1. The Balaban J connectivity index is 1.66. The Morgan fingerprint density at radius 3 is 2.56 bits per heavy atom. The molecule has 0 aliphatic rings. The lowest BCUT2D eigenvalue weighted by atomic mass is 10.1. The van der Waals surface area contributed by atoms with E-state index in [2.05, 4.69) is 29.3 Å². The molecule has 1 aromatic heterocycles. The number of ether oxygens (including phenoxy) is 1. The van der Waals surface area contributed by atoms with E-state index >= 15 is 0 Å². The van der Waals surface area contributed by atoms with Crippen LogP contribution >= 0.6 is 11.3 Å². The van der Waals surface area contributed by atoms with Gasteiger partial charge < -0.3 is 9.30 Å². The molecule has 0 fully saturated rings. The van der Waals surface area contributed by atoms with Crippen molar-refractivity contribution < 1.29 is 14.3 Å². The van der Waals surface area contributed by atoms with Gasteiger partial charge in [-0.2, -0.15) is 4.99 Å². The van der Waals surface area contributed by atoms with Crippen LogP contribution in [0.3, 0.4) is 0 Å². The average Bonchev–Trinajstić information content (AvgIpc) is 3.08. The molecule has 1 amide bonds. The molecule has 0 spiro atoms. The van der Waals surface area contributed by atoms with Crippen LogP contribution < -0.4 is 4.80 Å². The van der Waals surface area contributed by atoms with Gasteiger partial charge in [0.2, 0.25) is 0 Å². The van der Waals surface area contributed by atoms with Crippen molar-refractivity contribution in [3.05, 3.63) is 87.2 Å². The highest BCUT2D eigenvalue weighted by molar-refractivity contribution is 7.07. The van der Waals surface area contributed by atoms with Crippen molar-refractivity contribution in [1.82, 2.24) is 4.57 Å². The minimum absolute atomic E-state index is 0.379. The van der Waals surface area contributed by atoms with E-state index < -0.39 is 11.9 Å². The van der Waals surface area contributed by atoms with Crippen molar-refractivity contribution in [2.24, 2.45) is 4.99 Å². The van der Waals surface area contributed by atoms with E-state index in [0.29, 0.717) is 16.9 Å². The fourth-order valence-corrected chi connectivity index (χ4v) is 3.29. The summed E-state index contributed by atoms with van der Waals surface area (Å²) in [6.45, 7) is 4.11. The molecule has 5 nitrogen and oxygen atoms in total. The predicted molar refractivity (Wildman–Crippen MR) is 105 cm³/mol. The quantitative estimate of drug-likeness (QED) is 0.637. The first-order chi connectivity index (χ1) is 13.0. The molecule has 0 unspecified atom stereocenters. The summed E-state index contributed by atoms with van der Waals surface area (Å²) in [6.07, 6.45) is 1.88. The van der Waals surface area contributed by atoms with Crippen LogP contribution in [0.4, 0.5) is 0 Å². The molecule has 0 aliphatic carbocycles. The molecule has 3 aromatic rings. The number of aromatic nitrogens is 1.